The molecule has 0 atom stereocenters. The summed E-state index contributed by atoms with van der Waals surface area (Å²) in [5.74, 6) is 3.48. The van der Waals surface area contributed by atoms with Gasteiger partial charge in [-0.05, 0) is 12.1 Å². The molecule has 1 aromatic carbocycles. The fourth-order valence-electron chi connectivity index (χ4n) is 1.18. The standard InChI is InChI=1S/C12H11NO4/c1-17-12(16)9-6-2-4-8(11(9)13)5-3-7-10(14)15/h2,4,6H,7,13H2,1H3,(H,14,15). The third kappa shape index (κ3) is 3.24. The summed E-state index contributed by atoms with van der Waals surface area (Å²) in [7, 11) is 1.25. The Kier molecular flexibility index (Phi) is 4.12. The van der Waals surface area contributed by atoms with Crippen molar-refractivity contribution in [2.45, 2.75) is 6.42 Å². The molecule has 0 unspecified atom stereocenters. The first kappa shape index (κ1) is 12.6. The molecule has 0 aromatic heterocycles. The maximum Gasteiger partial charge on any atom is 0.339 e. The van der Waals surface area contributed by atoms with Gasteiger partial charge in [0.05, 0.1) is 18.4 Å². The van der Waals surface area contributed by atoms with Crippen LogP contribution in [0, 0.1) is 11.8 Å². The summed E-state index contributed by atoms with van der Waals surface area (Å²) < 4.78 is 4.55. The van der Waals surface area contributed by atoms with Gasteiger partial charge in [-0.25, -0.2) is 4.79 Å². The number of methoxy groups -OCH3 is 1. The van der Waals surface area contributed by atoms with Gasteiger partial charge in [-0.3, -0.25) is 4.79 Å². The van der Waals surface area contributed by atoms with E-state index in [9.17, 15) is 9.59 Å². The first-order valence-corrected chi connectivity index (χ1v) is 4.73. The predicted molar refractivity (Wildman–Crippen MR) is 61.3 cm³/mol. The zero-order chi connectivity index (χ0) is 12.8. The number of esters is 1. The van der Waals surface area contributed by atoms with Crippen molar-refractivity contribution in [3.8, 4) is 11.8 Å². The van der Waals surface area contributed by atoms with Crippen molar-refractivity contribution in [2.75, 3.05) is 12.8 Å². The van der Waals surface area contributed by atoms with Crippen LogP contribution < -0.4 is 5.73 Å². The quantitative estimate of drug-likeness (QED) is 0.449. The molecular weight excluding hydrogens is 222 g/mol. The molecule has 1 rings (SSSR count). The zero-order valence-corrected chi connectivity index (χ0v) is 9.19. The minimum atomic E-state index is -1.01. The number of carbonyl (C=O) groups excluding carboxylic acids is 1. The Morgan fingerprint density at radius 3 is 2.76 bits per heavy atom. The average molecular weight is 233 g/mol. The van der Waals surface area contributed by atoms with Gasteiger partial charge in [0.15, 0.2) is 0 Å². The highest BCUT2D eigenvalue weighted by atomic mass is 16.5. The second-order valence-electron chi connectivity index (χ2n) is 3.13. The summed E-state index contributed by atoms with van der Waals surface area (Å²) in [4.78, 5) is 21.6. The molecule has 0 heterocycles. The van der Waals surface area contributed by atoms with Crippen LogP contribution in [0.3, 0.4) is 0 Å². The van der Waals surface area contributed by atoms with Crippen LogP contribution in [0.2, 0.25) is 0 Å². The highest BCUT2D eigenvalue weighted by Crippen LogP contribution is 2.17. The van der Waals surface area contributed by atoms with Gasteiger partial charge in [0.2, 0.25) is 0 Å². The van der Waals surface area contributed by atoms with E-state index in [1.54, 1.807) is 12.1 Å². The van der Waals surface area contributed by atoms with Crippen LogP contribution >= 0.6 is 0 Å². The summed E-state index contributed by atoms with van der Waals surface area (Å²) in [6, 6.07) is 4.73. The number of hydrogen-bond donors (Lipinski definition) is 2. The molecule has 1 aromatic rings. The van der Waals surface area contributed by atoms with Crippen LogP contribution in [0.1, 0.15) is 22.3 Å². The van der Waals surface area contributed by atoms with Gasteiger partial charge < -0.3 is 15.6 Å². The summed E-state index contributed by atoms with van der Waals surface area (Å²) in [5, 5.41) is 8.43. The lowest BCUT2D eigenvalue weighted by Gasteiger charge is -2.04. The molecule has 3 N–H and O–H groups in total. The Morgan fingerprint density at radius 2 is 2.18 bits per heavy atom. The molecule has 88 valence electrons. The van der Waals surface area contributed by atoms with Gasteiger partial charge in [0.1, 0.15) is 6.42 Å². The van der Waals surface area contributed by atoms with Crippen LogP contribution in [-0.2, 0) is 9.53 Å². The van der Waals surface area contributed by atoms with Crippen molar-refractivity contribution in [1.29, 1.82) is 0 Å². The number of hydrogen-bond acceptors (Lipinski definition) is 4. The fourth-order valence-corrected chi connectivity index (χ4v) is 1.18. The molecule has 0 amide bonds. The van der Waals surface area contributed by atoms with Gasteiger partial charge in [0, 0.05) is 5.56 Å². The van der Waals surface area contributed by atoms with E-state index in [1.165, 1.54) is 13.2 Å². The topological polar surface area (TPSA) is 89.6 Å². The smallest absolute Gasteiger partial charge is 0.339 e. The van der Waals surface area contributed by atoms with Crippen LogP contribution in [-0.4, -0.2) is 24.2 Å². The number of anilines is 1. The van der Waals surface area contributed by atoms with Crippen molar-refractivity contribution in [3.63, 3.8) is 0 Å². The Morgan fingerprint density at radius 1 is 1.47 bits per heavy atom. The molecule has 0 saturated carbocycles. The van der Waals surface area contributed by atoms with Gasteiger partial charge >= 0.3 is 11.9 Å². The highest BCUT2D eigenvalue weighted by molar-refractivity contribution is 5.96. The van der Waals surface area contributed by atoms with Crippen LogP contribution in [0.5, 0.6) is 0 Å². The van der Waals surface area contributed by atoms with Gasteiger partial charge in [0.25, 0.3) is 0 Å². The number of para-hydroxylation sites is 1. The third-order valence-electron chi connectivity index (χ3n) is 1.97. The summed E-state index contributed by atoms with van der Waals surface area (Å²) in [6.07, 6.45) is -0.276. The van der Waals surface area contributed by atoms with E-state index in [0.29, 0.717) is 5.56 Å². The number of nitrogens with two attached hydrogens (primary N) is 1. The molecule has 0 aliphatic carbocycles. The fraction of sp³-hybridized carbons (Fsp3) is 0.167. The molecule has 0 radical (unpaired) electrons. The number of aliphatic carboxylic acids is 1. The zero-order valence-electron chi connectivity index (χ0n) is 9.19. The Balaban J connectivity index is 3.05. The maximum absolute atomic E-state index is 11.3. The van der Waals surface area contributed by atoms with E-state index in [0.717, 1.165) is 0 Å². The highest BCUT2D eigenvalue weighted by Gasteiger charge is 2.11. The minimum Gasteiger partial charge on any atom is -0.481 e. The monoisotopic (exact) mass is 233 g/mol. The van der Waals surface area contributed by atoms with E-state index in [2.05, 4.69) is 16.6 Å². The van der Waals surface area contributed by atoms with Gasteiger partial charge in [-0.2, -0.15) is 0 Å². The number of nitrogen functional groups attached to an aromatic ring is 1. The average Bonchev–Trinajstić information content (AvgIpc) is 2.30. The van der Waals surface area contributed by atoms with Crippen molar-refractivity contribution in [2.24, 2.45) is 0 Å². The Labute approximate surface area is 98.2 Å². The Bertz CT molecular complexity index is 511. The number of rotatable bonds is 2. The minimum absolute atomic E-state index is 0.192. The maximum atomic E-state index is 11.3. The van der Waals surface area contributed by atoms with Gasteiger partial charge in [-0.1, -0.05) is 17.9 Å². The number of ether oxygens (including phenoxy) is 1. The number of carbonyl (C=O) groups is 2. The first-order chi connectivity index (χ1) is 8.06. The molecule has 0 saturated heterocycles. The lowest BCUT2D eigenvalue weighted by Crippen LogP contribution is -2.06. The number of benzene rings is 1. The summed E-state index contributed by atoms with van der Waals surface area (Å²) >= 11 is 0. The van der Waals surface area contributed by atoms with Crippen molar-refractivity contribution < 1.29 is 19.4 Å². The number of carboxylic acids is 1. The molecule has 17 heavy (non-hydrogen) atoms. The van der Waals surface area contributed by atoms with Crippen LogP contribution in [0.4, 0.5) is 5.69 Å². The third-order valence-corrected chi connectivity index (χ3v) is 1.97. The molecule has 0 aliphatic heterocycles. The van der Waals surface area contributed by atoms with Crippen molar-refractivity contribution >= 4 is 17.6 Å². The van der Waals surface area contributed by atoms with Crippen LogP contribution in [0.25, 0.3) is 0 Å². The molecule has 0 fully saturated rings. The van der Waals surface area contributed by atoms with Crippen LogP contribution in [0.15, 0.2) is 18.2 Å². The second-order valence-corrected chi connectivity index (χ2v) is 3.13. The molecule has 0 spiro atoms. The second kappa shape index (κ2) is 5.56. The van der Waals surface area contributed by atoms with E-state index < -0.39 is 11.9 Å². The lowest BCUT2D eigenvalue weighted by atomic mass is 10.1. The van der Waals surface area contributed by atoms with E-state index in [1.807, 2.05) is 0 Å². The normalized spacial score (nSPS) is 9.00. The summed E-state index contributed by atoms with van der Waals surface area (Å²) in [6.45, 7) is 0. The Hall–Kier alpha value is -2.48. The molecule has 0 bridgehead atoms. The van der Waals surface area contributed by atoms with Crippen molar-refractivity contribution in [3.05, 3.63) is 29.3 Å². The largest absolute Gasteiger partial charge is 0.481 e. The molecule has 5 nitrogen and oxygen atoms in total. The van der Waals surface area contributed by atoms with E-state index >= 15 is 0 Å². The van der Waals surface area contributed by atoms with E-state index in [-0.39, 0.29) is 17.7 Å². The number of carboxylic acid groups (broad SMARTS) is 1. The van der Waals surface area contributed by atoms with E-state index in [4.69, 9.17) is 10.8 Å². The molecule has 5 heteroatoms. The first-order valence-electron chi connectivity index (χ1n) is 4.73. The molecular formula is C12H11NO4. The SMILES string of the molecule is COC(=O)c1cccc(C#CCC(=O)O)c1N. The summed E-state index contributed by atoms with van der Waals surface area (Å²) in [5.41, 5.74) is 6.55. The van der Waals surface area contributed by atoms with Crippen molar-refractivity contribution in [1.82, 2.24) is 0 Å². The lowest BCUT2D eigenvalue weighted by molar-refractivity contribution is -0.135. The predicted octanol–water partition coefficient (Wildman–Crippen LogP) is 0.882. The van der Waals surface area contributed by atoms with Gasteiger partial charge in [-0.15, -0.1) is 0 Å². The molecule has 0 aliphatic rings.